The molecule has 4 nitrogen and oxygen atoms in total. The highest BCUT2D eigenvalue weighted by molar-refractivity contribution is 7.10. The van der Waals surface area contributed by atoms with Crippen LogP contribution in [0, 0.1) is 24.2 Å². The standard InChI is InChI=1S/C20H25N3OS/c1-14(2)20(4,13-21)23-18(24)12-22-19(17-6-5-11-25-17)16-9-7-15(3)8-10-16/h5-11,14,19,22H,12H2,1-4H3,(H,23,24)/p+1/t19-,20+/m0/s1. The number of nitrogens with one attached hydrogen (secondary N) is 1. The number of rotatable bonds is 7. The maximum atomic E-state index is 12.4. The summed E-state index contributed by atoms with van der Waals surface area (Å²) in [6.45, 7) is 7.99. The minimum atomic E-state index is -0.840. The van der Waals surface area contributed by atoms with Crippen LogP contribution < -0.4 is 10.6 Å². The predicted molar refractivity (Wildman–Crippen MR) is 101 cm³/mol. The second-order valence-electron chi connectivity index (χ2n) is 6.86. The van der Waals surface area contributed by atoms with Gasteiger partial charge in [0.1, 0.15) is 11.6 Å². The zero-order chi connectivity index (χ0) is 18.4. The van der Waals surface area contributed by atoms with Crippen molar-refractivity contribution in [2.75, 3.05) is 6.54 Å². The average molecular weight is 357 g/mol. The molecule has 2 aromatic rings. The number of hydrogen-bond acceptors (Lipinski definition) is 3. The molecule has 3 N–H and O–H groups in total. The van der Waals surface area contributed by atoms with E-state index in [0.29, 0.717) is 0 Å². The van der Waals surface area contributed by atoms with Crippen LogP contribution in [-0.4, -0.2) is 18.0 Å². The number of quaternary nitrogens is 1. The monoisotopic (exact) mass is 356 g/mol. The van der Waals surface area contributed by atoms with E-state index in [0.717, 1.165) is 0 Å². The van der Waals surface area contributed by atoms with Crippen LogP contribution in [-0.2, 0) is 4.79 Å². The number of nitrogens with zero attached hydrogens (tertiary/aromatic N) is 1. The van der Waals surface area contributed by atoms with Crippen molar-refractivity contribution in [1.29, 1.82) is 5.26 Å². The molecule has 5 heteroatoms. The molecule has 0 spiro atoms. The fourth-order valence-electron chi connectivity index (χ4n) is 2.53. The van der Waals surface area contributed by atoms with Gasteiger partial charge in [-0.05, 0) is 31.2 Å². The van der Waals surface area contributed by atoms with Crippen molar-refractivity contribution in [3.05, 3.63) is 57.8 Å². The van der Waals surface area contributed by atoms with Crippen LogP contribution in [0.1, 0.15) is 42.8 Å². The second kappa shape index (κ2) is 8.28. The summed E-state index contributed by atoms with van der Waals surface area (Å²) in [5, 5.41) is 16.3. The third-order valence-electron chi connectivity index (χ3n) is 4.61. The molecule has 0 bridgehead atoms. The molecular formula is C20H26N3OS+. The van der Waals surface area contributed by atoms with E-state index in [2.05, 4.69) is 54.0 Å². The molecule has 0 fully saturated rings. The van der Waals surface area contributed by atoms with E-state index in [1.165, 1.54) is 16.0 Å². The third kappa shape index (κ3) is 4.91. The van der Waals surface area contributed by atoms with Crippen LogP contribution in [0.15, 0.2) is 41.8 Å². The molecule has 1 amide bonds. The lowest BCUT2D eigenvalue weighted by molar-refractivity contribution is -0.676. The van der Waals surface area contributed by atoms with Gasteiger partial charge in [-0.1, -0.05) is 49.7 Å². The Morgan fingerprint density at radius 2 is 2.00 bits per heavy atom. The van der Waals surface area contributed by atoms with Crippen molar-refractivity contribution in [1.82, 2.24) is 5.32 Å². The van der Waals surface area contributed by atoms with Gasteiger partial charge in [0.05, 0.1) is 10.9 Å². The first kappa shape index (κ1) is 19.2. The lowest BCUT2D eigenvalue weighted by Gasteiger charge is -2.27. The first-order valence-electron chi connectivity index (χ1n) is 8.51. The largest absolute Gasteiger partial charge is 0.333 e. The van der Waals surface area contributed by atoms with Crippen molar-refractivity contribution in [2.45, 2.75) is 39.3 Å². The molecule has 2 rings (SSSR count). The molecular weight excluding hydrogens is 330 g/mol. The van der Waals surface area contributed by atoms with E-state index in [4.69, 9.17) is 0 Å². The number of benzene rings is 1. The maximum Gasteiger partial charge on any atom is 0.276 e. The third-order valence-corrected chi connectivity index (χ3v) is 5.57. The summed E-state index contributed by atoms with van der Waals surface area (Å²) in [4.78, 5) is 13.6. The van der Waals surface area contributed by atoms with Crippen molar-refractivity contribution in [3.8, 4) is 6.07 Å². The highest BCUT2D eigenvalue weighted by atomic mass is 32.1. The number of hydrogen-bond donors (Lipinski definition) is 2. The Hall–Kier alpha value is -2.16. The van der Waals surface area contributed by atoms with Gasteiger partial charge < -0.3 is 10.6 Å². The van der Waals surface area contributed by atoms with Crippen molar-refractivity contribution < 1.29 is 10.1 Å². The Kier molecular flexibility index (Phi) is 6.35. The van der Waals surface area contributed by atoms with E-state index in [9.17, 15) is 10.1 Å². The Morgan fingerprint density at radius 1 is 1.32 bits per heavy atom. The summed E-state index contributed by atoms with van der Waals surface area (Å²) in [6.07, 6.45) is 0. The van der Waals surface area contributed by atoms with Gasteiger partial charge in [0, 0.05) is 5.56 Å². The predicted octanol–water partition coefficient (Wildman–Crippen LogP) is 2.76. The second-order valence-corrected chi connectivity index (χ2v) is 7.84. The average Bonchev–Trinajstić information content (AvgIpc) is 3.10. The fraction of sp³-hybridized carbons (Fsp3) is 0.400. The van der Waals surface area contributed by atoms with Gasteiger partial charge in [-0.2, -0.15) is 5.26 Å². The molecule has 1 aromatic carbocycles. The number of carbonyl (C=O) groups is 1. The molecule has 0 unspecified atom stereocenters. The number of nitriles is 1. The van der Waals surface area contributed by atoms with Gasteiger partial charge >= 0.3 is 0 Å². The molecule has 0 aliphatic carbocycles. The summed E-state index contributed by atoms with van der Waals surface area (Å²) < 4.78 is 0. The Bertz CT molecular complexity index is 731. The van der Waals surface area contributed by atoms with Gasteiger partial charge in [-0.15, -0.1) is 11.3 Å². The summed E-state index contributed by atoms with van der Waals surface area (Å²) in [5.41, 5.74) is 1.55. The van der Waals surface area contributed by atoms with Gasteiger partial charge in [0.15, 0.2) is 6.54 Å². The van der Waals surface area contributed by atoms with Crippen LogP contribution in [0.3, 0.4) is 0 Å². The van der Waals surface area contributed by atoms with Crippen LogP contribution in [0.4, 0.5) is 0 Å². The zero-order valence-electron chi connectivity index (χ0n) is 15.2. The summed E-state index contributed by atoms with van der Waals surface area (Å²) in [6, 6.07) is 14.8. The van der Waals surface area contributed by atoms with E-state index in [-0.39, 0.29) is 24.4 Å². The molecule has 132 valence electrons. The first-order valence-corrected chi connectivity index (χ1v) is 9.39. The van der Waals surface area contributed by atoms with E-state index >= 15 is 0 Å². The Balaban J connectivity index is 2.10. The van der Waals surface area contributed by atoms with E-state index in [1.807, 2.05) is 25.2 Å². The molecule has 25 heavy (non-hydrogen) atoms. The molecule has 0 radical (unpaired) electrons. The molecule has 1 aromatic heterocycles. The van der Waals surface area contributed by atoms with Crippen LogP contribution >= 0.6 is 11.3 Å². The minimum absolute atomic E-state index is 0.0478. The van der Waals surface area contributed by atoms with Crippen LogP contribution in [0.2, 0.25) is 0 Å². The van der Waals surface area contributed by atoms with Crippen molar-refractivity contribution >= 4 is 17.2 Å². The molecule has 0 aliphatic rings. The number of aryl methyl sites for hydroxylation is 1. The van der Waals surface area contributed by atoms with Crippen LogP contribution in [0.5, 0.6) is 0 Å². The Labute approximate surface area is 153 Å². The number of carbonyl (C=O) groups excluding carboxylic acids is 1. The Morgan fingerprint density at radius 3 is 2.52 bits per heavy atom. The fourth-order valence-corrected chi connectivity index (χ4v) is 3.38. The van der Waals surface area contributed by atoms with Gasteiger partial charge in [-0.25, -0.2) is 0 Å². The SMILES string of the molecule is Cc1ccc([C@H]([NH2+]CC(=O)N[C@](C)(C#N)C(C)C)c2cccs2)cc1. The van der Waals surface area contributed by atoms with Crippen molar-refractivity contribution in [2.24, 2.45) is 5.92 Å². The lowest BCUT2D eigenvalue weighted by atomic mass is 9.90. The highest BCUT2D eigenvalue weighted by Crippen LogP contribution is 2.23. The molecule has 0 saturated heterocycles. The molecule has 0 aliphatic heterocycles. The summed E-state index contributed by atoms with van der Waals surface area (Å²) in [7, 11) is 0. The van der Waals surface area contributed by atoms with Crippen LogP contribution in [0.25, 0.3) is 0 Å². The number of thiophene rings is 1. The molecule has 2 atom stereocenters. The highest BCUT2D eigenvalue weighted by Gasteiger charge is 2.31. The minimum Gasteiger partial charge on any atom is -0.333 e. The zero-order valence-corrected chi connectivity index (χ0v) is 16.1. The number of amides is 1. The topological polar surface area (TPSA) is 69.5 Å². The van der Waals surface area contributed by atoms with Crippen molar-refractivity contribution in [3.63, 3.8) is 0 Å². The lowest BCUT2D eigenvalue weighted by Crippen LogP contribution is -2.88. The summed E-state index contributed by atoms with van der Waals surface area (Å²) >= 11 is 1.69. The van der Waals surface area contributed by atoms with E-state index < -0.39 is 5.54 Å². The number of nitrogens with two attached hydrogens (primary N) is 1. The normalized spacial score (nSPS) is 14.6. The van der Waals surface area contributed by atoms with Gasteiger partial charge in [-0.3, -0.25) is 4.79 Å². The molecule has 1 heterocycles. The van der Waals surface area contributed by atoms with Gasteiger partial charge in [0.2, 0.25) is 0 Å². The van der Waals surface area contributed by atoms with E-state index in [1.54, 1.807) is 18.3 Å². The smallest absolute Gasteiger partial charge is 0.276 e. The summed E-state index contributed by atoms with van der Waals surface area (Å²) in [5.74, 6) is -0.0712. The quantitative estimate of drug-likeness (QED) is 0.801. The first-order chi connectivity index (χ1) is 11.9. The maximum absolute atomic E-state index is 12.4. The molecule has 0 saturated carbocycles. The van der Waals surface area contributed by atoms with Gasteiger partial charge in [0.25, 0.3) is 5.91 Å².